The first-order valence-corrected chi connectivity index (χ1v) is 8.65. The van der Waals surface area contributed by atoms with E-state index in [0.29, 0.717) is 17.9 Å². The van der Waals surface area contributed by atoms with Crippen molar-refractivity contribution in [1.82, 2.24) is 4.72 Å². The number of sulfonamides is 1. The van der Waals surface area contributed by atoms with Gasteiger partial charge in [-0.1, -0.05) is 13.8 Å². The van der Waals surface area contributed by atoms with Crippen molar-refractivity contribution in [3.05, 3.63) is 15.8 Å². The number of aliphatic hydroxyl groups excluding tert-OH is 1. The molecule has 110 valence electrons. The highest BCUT2D eigenvalue weighted by molar-refractivity contribution is 7.89. The van der Waals surface area contributed by atoms with Crippen LogP contribution in [0.1, 0.15) is 36.4 Å². The molecule has 0 fully saturated rings. The normalized spacial score (nSPS) is 12.9. The smallest absolute Gasteiger partial charge is 0.241 e. The van der Waals surface area contributed by atoms with Crippen LogP contribution < -0.4 is 4.72 Å². The van der Waals surface area contributed by atoms with Crippen molar-refractivity contribution in [2.24, 2.45) is 5.41 Å². The van der Waals surface area contributed by atoms with Crippen molar-refractivity contribution in [3.8, 4) is 0 Å². The van der Waals surface area contributed by atoms with E-state index in [2.05, 4.69) is 4.72 Å². The Morgan fingerprint density at radius 3 is 2.47 bits per heavy atom. The molecule has 0 aromatic carbocycles. The maximum atomic E-state index is 12.2. The predicted octanol–water partition coefficient (Wildman–Crippen LogP) is 2.44. The molecule has 19 heavy (non-hydrogen) atoms. The molecule has 1 heterocycles. The summed E-state index contributed by atoms with van der Waals surface area (Å²) < 4.78 is 27.1. The van der Waals surface area contributed by atoms with Crippen LogP contribution in [0, 0.1) is 19.3 Å². The molecule has 0 aliphatic carbocycles. The summed E-state index contributed by atoms with van der Waals surface area (Å²) in [5, 5.41) is 8.84. The Labute approximate surface area is 119 Å². The van der Waals surface area contributed by atoms with Gasteiger partial charge in [-0.2, -0.15) is 0 Å². The molecule has 4 nitrogen and oxygen atoms in total. The molecule has 0 aliphatic rings. The molecule has 0 bridgehead atoms. The first-order valence-electron chi connectivity index (χ1n) is 6.35. The number of thiophene rings is 1. The minimum absolute atomic E-state index is 0.138. The molecule has 6 heteroatoms. The molecule has 0 atom stereocenters. The van der Waals surface area contributed by atoms with Crippen LogP contribution in [0.5, 0.6) is 0 Å². The van der Waals surface area contributed by atoms with Crippen LogP contribution in [0.4, 0.5) is 0 Å². The summed E-state index contributed by atoms with van der Waals surface area (Å²) in [7, 11) is -3.43. The van der Waals surface area contributed by atoms with Crippen molar-refractivity contribution in [1.29, 1.82) is 0 Å². The van der Waals surface area contributed by atoms with Crippen molar-refractivity contribution in [2.75, 3.05) is 13.2 Å². The molecule has 0 amide bonds. The third-order valence-electron chi connectivity index (χ3n) is 3.04. The average Bonchev–Trinajstić information content (AvgIpc) is 2.65. The SMILES string of the molecule is Cc1cc(S(=O)(=O)NCC(C)(C)CCCO)c(C)s1. The van der Waals surface area contributed by atoms with Gasteiger partial charge in [-0.15, -0.1) is 11.3 Å². The Morgan fingerprint density at radius 1 is 1.37 bits per heavy atom. The standard InChI is InChI=1S/C13H23NO3S2/c1-10-8-12(11(2)18-10)19(16,17)14-9-13(3,4)6-5-7-15/h8,14-15H,5-7,9H2,1-4H3. The van der Waals surface area contributed by atoms with Gasteiger partial charge in [-0.3, -0.25) is 0 Å². The molecule has 0 spiro atoms. The molecule has 1 aromatic rings. The zero-order valence-electron chi connectivity index (χ0n) is 12.0. The van der Waals surface area contributed by atoms with Crippen LogP contribution in [-0.4, -0.2) is 26.7 Å². The van der Waals surface area contributed by atoms with Crippen molar-refractivity contribution >= 4 is 21.4 Å². The highest BCUT2D eigenvalue weighted by atomic mass is 32.2. The number of rotatable bonds is 7. The lowest BCUT2D eigenvalue weighted by Crippen LogP contribution is -2.34. The van der Waals surface area contributed by atoms with E-state index in [1.54, 1.807) is 6.07 Å². The lowest BCUT2D eigenvalue weighted by molar-refractivity contribution is 0.242. The number of hydrogen-bond acceptors (Lipinski definition) is 4. The van der Waals surface area contributed by atoms with Crippen LogP contribution in [0.3, 0.4) is 0 Å². The second-order valence-corrected chi connectivity index (χ2v) is 8.79. The minimum atomic E-state index is -3.43. The second kappa shape index (κ2) is 6.35. The quantitative estimate of drug-likeness (QED) is 0.813. The maximum Gasteiger partial charge on any atom is 0.241 e. The first kappa shape index (κ1) is 16.6. The van der Waals surface area contributed by atoms with Crippen LogP contribution in [0.2, 0.25) is 0 Å². The molecular formula is C13H23NO3S2. The molecule has 0 aliphatic heterocycles. The second-order valence-electron chi connectivity index (χ2n) is 5.59. The highest BCUT2D eigenvalue weighted by Gasteiger charge is 2.24. The number of aliphatic hydroxyl groups is 1. The summed E-state index contributed by atoms with van der Waals surface area (Å²) in [5.41, 5.74) is -0.158. The fourth-order valence-electron chi connectivity index (χ4n) is 1.89. The Balaban J connectivity index is 2.73. The van der Waals surface area contributed by atoms with Gasteiger partial charge in [0.2, 0.25) is 10.0 Å². The fourth-order valence-corrected chi connectivity index (χ4v) is 4.68. The summed E-state index contributed by atoms with van der Waals surface area (Å²) in [6.45, 7) is 8.24. The zero-order chi connectivity index (χ0) is 14.7. The van der Waals surface area contributed by atoms with Crippen LogP contribution in [0.25, 0.3) is 0 Å². The van der Waals surface area contributed by atoms with Crippen molar-refractivity contribution < 1.29 is 13.5 Å². The van der Waals surface area contributed by atoms with Crippen molar-refractivity contribution in [3.63, 3.8) is 0 Å². The third kappa shape index (κ3) is 4.87. The van der Waals surface area contributed by atoms with E-state index in [4.69, 9.17) is 5.11 Å². The summed E-state index contributed by atoms with van der Waals surface area (Å²) >= 11 is 1.49. The van der Waals surface area contributed by atoms with Gasteiger partial charge in [-0.25, -0.2) is 13.1 Å². The zero-order valence-corrected chi connectivity index (χ0v) is 13.6. The summed E-state index contributed by atoms with van der Waals surface area (Å²) in [6, 6.07) is 1.71. The Kier molecular flexibility index (Phi) is 5.55. The van der Waals surface area contributed by atoms with Gasteiger partial charge in [-0.05, 0) is 38.2 Å². The van der Waals surface area contributed by atoms with Gasteiger partial charge < -0.3 is 5.11 Å². The van der Waals surface area contributed by atoms with Gasteiger partial charge in [0.05, 0.1) is 4.90 Å². The summed E-state index contributed by atoms with van der Waals surface area (Å²) in [5.74, 6) is 0. The molecule has 2 N–H and O–H groups in total. The Bertz CT molecular complexity index is 518. The van der Waals surface area contributed by atoms with Gasteiger partial charge in [0.15, 0.2) is 0 Å². The Hall–Kier alpha value is -0.430. The lowest BCUT2D eigenvalue weighted by atomic mass is 9.88. The van der Waals surface area contributed by atoms with E-state index in [0.717, 1.165) is 16.2 Å². The Morgan fingerprint density at radius 2 is 2.00 bits per heavy atom. The summed E-state index contributed by atoms with van der Waals surface area (Å²) in [6.07, 6.45) is 1.47. The van der Waals surface area contributed by atoms with E-state index in [1.807, 2.05) is 27.7 Å². The van der Waals surface area contributed by atoms with E-state index >= 15 is 0 Å². The number of hydrogen-bond donors (Lipinski definition) is 2. The maximum absolute atomic E-state index is 12.2. The van der Waals surface area contributed by atoms with Gasteiger partial charge in [0.25, 0.3) is 0 Å². The highest BCUT2D eigenvalue weighted by Crippen LogP contribution is 2.26. The lowest BCUT2D eigenvalue weighted by Gasteiger charge is -2.24. The van der Waals surface area contributed by atoms with Gasteiger partial charge in [0.1, 0.15) is 0 Å². The van der Waals surface area contributed by atoms with Crippen LogP contribution in [0.15, 0.2) is 11.0 Å². The monoisotopic (exact) mass is 305 g/mol. The number of aryl methyl sites for hydroxylation is 2. The van der Waals surface area contributed by atoms with Crippen LogP contribution in [-0.2, 0) is 10.0 Å². The van der Waals surface area contributed by atoms with Crippen molar-refractivity contribution in [2.45, 2.75) is 45.4 Å². The molecule has 0 saturated heterocycles. The van der Waals surface area contributed by atoms with E-state index in [-0.39, 0.29) is 12.0 Å². The van der Waals surface area contributed by atoms with Gasteiger partial charge >= 0.3 is 0 Å². The predicted molar refractivity (Wildman–Crippen MR) is 79.1 cm³/mol. The number of nitrogens with one attached hydrogen (secondary N) is 1. The summed E-state index contributed by atoms with van der Waals surface area (Å²) in [4.78, 5) is 2.20. The minimum Gasteiger partial charge on any atom is -0.396 e. The van der Waals surface area contributed by atoms with Gasteiger partial charge in [0, 0.05) is 22.9 Å². The molecule has 1 aromatic heterocycles. The van der Waals surface area contributed by atoms with Crippen LogP contribution >= 0.6 is 11.3 Å². The molecule has 0 saturated carbocycles. The third-order valence-corrected chi connectivity index (χ3v) is 5.66. The molecule has 0 unspecified atom stereocenters. The fraction of sp³-hybridized carbons (Fsp3) is 0.692. The first-order chi connectivity index (χ1) is 8.68. The van der Waals surface area contributed by atoms with E-state index in [1.165, 1.54) is 11.3 Å². The molecule has 1 rings (SSSR count). The average molecular weight is 305 g/mol. The topological polar surface area (TPSA) is 66.4 Å². The molecule has 0 radical (unpaired) electrons. The largest absolute Gasteiger partial charge is 0.396 e. The molecular weight excluding hydrogens is 282 g/mol. The van der Waals surface area contributed by atoms with E-state index < -0.39 is 10.0 Å². The van der Waals surface area contributed by atoms with E-state index in [9.17, 15) is 8.42 Å².